The molecule has 0 radical (unpaired) electrons. The average Bonchev–Trinajstić information content (AvgIpc) is 2.35. The van der Waals surface area contributed by atoms with Crippen molar-refractivity contribution >= 4 is 5.69 Å². The van der Waals surface area contributed by atoms with E-state index in [-0.39, 0.29) is 11.9 Å². The number of anilines is 1. The van der Waals surface area contributed by atoms with Crippen molar-refractivity contribution < 1.29 is 9.13 Å². The van der Waals surface area contributed by atoms with E-state index in [2.05, 4.69) is 17.6 Å². The summed E-state index contributed by atoms with van der Waals surface area (Å²) in [5.74, 6) is -0.185. The molecule has 1 heterocycles. The van der Waals surface area contributed by atoms with E-state index in [1.807, 2.05) is 13.0 Å². The molecule has 2 atom stereocenters. The normalized spacial score (nSPS) is 21.6. The lowest BCUT2D eigenvalue weighted by Crippen LogP contribution is -2.43. The second-order valence-electron chi connectivity index (χ2n) is 4.94. The lowest BCUT2D eigenvalue weighted by atomic mass is 10.1. The predicted molar refractivity (Wildman–Crippen MR) is 71.4 cm³/mol. The SMILES string of the molecule is Cc1cccc(F)c1NC(C)CC1COCCN1. The molecule has 0 aromatic heterocycles. The molecule has 3 nitrogen and oxygen atoms in total. The highest BCUT2D eigenvalue weighted by atomic mass is 19.1. The summed E-state index contributed by atoms with van der Waals surface area (Å²) < 4.78 is 19.1. The smallest absolute Gasteiger partial charge is 0.146 e. The molecule has 0 saturated carbocycles. The number of halogens is 1. The van der Waals surface area contributed by atoms with Crippen molar-refractivity contribution in [2.45, 2.75) is 32.4 Å². The van der Waals surface area contributed by atoms with E-state index in [4.69, 9.17) is 4.74 Å². The lowest BCUT2D eigenvalue weighted by molar-refractivity contribution is 0.0731. The predicted octanol–water partition coefficient (Wildman–Crippen LogP) is 2.31. The Morgan fingerprint density at radius 3 is 3.06 bits per heavy atom. The van der Waals surface area contributed by atoms with Crippen LogP contribution < -0.4 is 10.6 Å². The first kappa shape index (κ1) is 13.3. The number of hydrogen-bond donors (Lipinski definition) is 2. The molecule has 4 heteroatoms. The lowest BCUT2D eigenvalue weighted by Gasteiger charge is -2.27. The van der Waals surface area contributed by atoms with Gasteiger partial charge in [0.15, 0.2) is 0 Å². The fourth-order valence-electron chi connectivity index (χ4n) is 2.32. The second-order valence-corrected chi connectivity index (χ2v) is 4.94. The monoisotopic (exact) mass is 252 g/mol. The highest BCUT2D eigenvalue weighted by molar-refractivity contribution is 5.52. The van der Waals surface area contributed by atoms with Gasteiger partial charge in [-0.3, -0.25) is 0 Å². The Balaban J connectivity index is 1.92. The van der Waals surface area contributed by atoms with Crippen molar-refractivity contribution in [2.24, 2.45) is 0 Å². The Morgan fingerprint density at radius 1 is 1.56 bits per heavy atom. The fourth-order valence-corrected chi connectivity index (χ4v) is 2.32. The second kappa shape index (κ2) is 6.16. The number of benzene rings is 1. The van der Waals surface area contributed by atoms with Crippen molar-refractivity contribution in [3.05, 3.63) is 29.6 Å². The first-order chi connectivity index (χ1) is 8.66. The molecular weight excluding hydrogens is 231 g/mol. The Bertz CT molecular complexity index is 371. The molecule has 2 unspecified atom stereocenters. The number of nitrogens with one attached hydrogen (secondary N) is 2. The molecule has 1 aromatic carbocycles. The molecule has 1 aliphatic heterocycles. The van der Waals surface area contributed by atoms with Crippen molar-refractivity contribution in [2.75, 3.05) is 25.1 Å². The number of rotatable bonds is 4. The Kier molecular flexibility index (Phi) is 4.55. The standard InChI is InChI=1S/C14H21FN2O/c1-10-4-3-5-13(15)14(10)17-11(2)8-12-9-18-7-6-16-12/h3-5,11-12,16-17H,6-9H2,1-2H3. The van der Waals surface area contributed by atoms with Crippen LogP contribution in [0.4, 0.5) is 10.1 Å². The van der Waals surface area contributed by atoms with Crippen molar-refractivity contribution in [1.82, 2.24) is 5.32 Å². The fraction of sp³-hybridized carbons (Fsp3) is 0.571. The number of ether oxygens (including phenoxy) is 1. The van der Waals surface area contributed by atoms with Crippen LogP contribution in [0.3, 0.4) is 0 Å². The summed E-state index contributed by atoms with van der Waals surface area (Å²) >= 11 is 0. The maximum Gasteiger partial charge on any atom is 0.146 e. The summed E-state index contributed by atoms with van der Waals surface area (Å²) in [5, 5.41) is 6.66. The van der Waals surface area contributed by atoms with Gasteiger partial charge in [0.1, 0.15) is 5.82 Å². The molecule has 100 valence electrons. The van der Waals surface area contributed by atoms with E-state index in [1.165, 1.54) is 6.07 Å². The van der Waals surface area contributed by atoms with Gasteiger partial charge in [0, 0.05) is 18.6 Å². The van der Waals surface area contributed by atoms with Gasteiger partial charge in [0.25, 0.3) is 0 Å². The summed E-state index contributed by atoms with van der Waals surface area (Å²) in [6.45, 7) is 6.41. The van der Waals surface area contributed by atoms with Gasteiger partial charge in [-0.2, -0.15) is 0 Å². The molecular formula is C14H21FN2O. The Labute approximate surface area is 108 Å². The number of para-hydroxylation sites is 1. The van der Waals surface area contributed by atoms with E-state index in [9.17, 15) is 4.39 Å². The van der Waals surface area contributed by atoms with Gasteiger partial charge in [0.05, 0.1) is 18.9 Å². The molecule has 2 rings (SSSR count). The molecule has 1 fully saturated rings. The van der Waals surface area contributed by atoms with Crippen molar-refractivity contribution in [3.8, 4) is 0 Å². The Hall–Kier alpha value is -1.13. The summed E-state index contributed by atoms with van der Waals surface area (Å²) in [5.41, 5.74) is 1.55. The third kappa shape index (κ3) is 3.43. The first-order valence-electron chi connectivity index (χ1n) is 6.49. The van der Waals surface area contributed by atoms with E-state index in [0.29, 0.717) is 11.7 Å². The van der Waals surface area contributed by atoms with Gasteiger partial charge in [0.2, 0.25) is 0 Å². The zero-order valence-electron chi connectivity index (χ0n) is 11.0. The van der Waals surface area contributed by atoms with Crippen LogP contribution >= 0.6 is 0 Å². The quantitative estimate of drug-likeness (QED) is 0.862. The summed E-state index contributed by atoms with van der Waals surface area (Å²) in [6.07, 6.45) is 0.924. The molecule has 0 amide bonds. The number of aryl methyl sites for hydroxylation is 1. The minimum absolute atomic E-state index is 0.185. The van der Waals surface area contributed by atoms with Gasteiger partial charge in [-0.25, -0.2) is 4.39 Å². The van der Waals surface area contributed by atoms with E-state index in [1.54, 1.807) is 6.07 Å². The molecule has 1 saturated heterocycles. The van der Waals surface area contributed by atoms with Gasteiger partial charge in [-0.1, -0.05) is 12.1 Å². The highest BCUT2D eigenvalue weighted by Gasteiger charge is 2.17. The van der Waals surface area contributed by atoms with Gasteiger partial charge >= 0.3 is 0 Å². The van der Waals surface area contributed by atoms with Gasteiger partial charge in [-0.15, -0.1) is 0 Å². The highest BCUT2D eigenvalue weighted by Crippen LogP contribution is 2.20. The van der Waals surface area contributed by atoms with Gasteiger partial charge < -0.3 is 15.4 Å². The van der Waals surface area contributed by atoms with Crippen LogP contribution in [-0.2, 0) is 4.74 Å². The van der Waals surface area contributed by atoms with Crippen molar-refractivity contribution in [1.29, 1.82) is 0 Å². The van der Waals surface area contributed by atoms with E-state index in [0.717, 1.165) is 31.7 Å². The van der Waals surface area contributed by atoms with Crippen LogP contribution in [0.15, 0.2) is 18.2 Å². The van der Waals surface area contributed by atoms with Crippen LogP contribution in [0.1, 0.15) is 18.9 Å². The molecule has 18 heavy (non-hydrogen) atoms. The van der Waals surface area contributed by atoms with Crippen LogP contribution in [0.5, 0.6) is 0 Å². The van der Waals surface area contributed by atoms with Gasteiger partial charge in [-0.05, 0) is 31.9 Å². The third-order valence-electron chi connectivity index (χ3n) is 3.25. The number of morpholine rings is 1. The topological polar surface area (TPSA) is 33.3 Å². The molecule has 0 aliphatic carbocycles. The zero-order valence-corrected chi connectivity index (χ0v) is 11.0. The maximum atomic E-state index is 13.7. The zero-order chi connectivity index (χ0) is 13.0. The Morgan fingerprint density at radius 2 is 2.39 bits per heavy atom. The maximum absolute atomic E-state index is 13.7. The minimum atomic E-state index is -0.185. The summed E-state index contributed by atoms with van der Waals surface area (Å²) in [4.78, 5) is 0. The first-order valence-corrected chi connectivity index (χ1v) is 6.49. The minimum Gasteiger partial charge on any atom is -0.380 e. The molecule has 1 aromatic rings. The van der Waals surface area contributed by atoms with Crippen LogP contribution in [0.25, 0.3) is 0 Å². The van der Waals surface area contributed by atoms with Crippen LogP contribution in [-0.4, -0.2) is 31.8 Å². The molecule has 1 aliphatic rings. The summed E-state index contributed by atoms with van der Waals surface area (Å²) in [6, 6.07) is 5.70. The molecule has 0 spiro atoms. The van der Waals surface area contributed by atoms with E-state index >= 15 is 0 Å². The third-order valence-corrected chi connectivity index (χ3v) is 3.25. The van der Waals surface area contributed by atoms with Crippen molar-refractivity contribution in [3.63, 3.8) is 0 Å². The van der Waals surface area contributed by atoms with Crippen LogP contribution in [0.2, 0.25) is 0 Å². The average molecular weight is 252 g/mol. The van der Waals surface area contributed by atoms with E-state index < -0.39 is 0 Å². The summed E-state index contributed by atoms with van der Waals surface area (Å²) in [7, 11) is 0. The number of hydrogen-bond acceptors (Lipinski definition) is 3. The largest absolute Gasteiger partial charge is 0.380 e. The van der Waals surface area contributed by atoms with Crippen LogP contribution in [0, 0.1) is 12.7 Å². The molecule has 0 bridgehead atoms. The molecule has 2 N–H and O–H groups in total.